The summed E-state index contributed by atoms with van der Waals surface area (Å²) in [6.07, 6.45) is 4.51. The molecule has 0 aliphatic heterocycles. The molecule has 0 bridgehead atoms. The van der Waals surface area contributed by atoms with E-state index in [4.69, 9.17) is 0 Å². The maximum absolute atomic E-state index is 11.1. The fraction of sp³-hybridized carbons (Fsp3) is 0.727. The van der Waals surface area contributed by atoms with Crippen LogP contribution in [-0.4, -0.2) is 33.3 Å². The fourth-order valence-corrected chi connectivity index (χ4v) is 2.22. The van der Waals surface area contributed by atoms with Gasteiger partial charge < -0.3 is 5.32 Å². The first kappa shape index (κ1) is 14.8. The molecule has 0 aliphatic carbocycles. The quantitative estimate of drug-likeness (QED) is 0.447. The Morgan fingerprint density at radius 2 is 2.28 bits per heavy atom. The lowest BCUT2D eigenvalue weighted by Gasteiger charge is -2.05. The van der Waals surface area contributed by atoms with Gasteiger partial charge in [0.1, 0.15) is 5.69 Å². The third kappa shape index (κ3) is 3.63. The van der Waals surface area contributed by atoms with Crippen molar-refractivity contribution in [3.8, 4) is 0 Å². The van der Waals surface area contributed by atoms with E-state index in [0.717, 1.165) is 25.1 Å². The Morgan fingerprint density at radius 3 is 2.83 bits per heavy atom. The highest BCUT2D eigenvalue weighted by Crippen LogP contribution is 2.28. The number of hydrogen-bond acceptors (Lipinski definition) is 5. The summed E-state index contributed by atoms with van der Waals surface area (Å²) >= 11 is 1.77. The number of nitrogens with one attached hydrogen (secondary N) is 1. The van der Waals surface area contributed by atoms with Gasteiger partial charge in [-0.15, -0.1) is 0 Å². The second-order valence-electron chi connectivity index (χ2n) is 4.05. The summed E-state index contributed by atoms with van der Waals surface area (Å²) in [5, 5.41) is 18.5. The Bertz CT molecular complexity index is 406. The summed E-state index contributed by atoms with van der Waals surface area (Å²) < 4.78 is 1.57. The first-order valence-electron chi connectivity index (χ1n) is 6.04. The van der Waals surface area contributed by atoms with Gasteiger partial charge in [-0.05, 0) is 24.9 Å². The average Bonchev–Trinajstić information content (AvgIpc) is 2.62. The lowest BCUT2D eigenvalue weighted by molar-refractivity contribution is -0.384. The Kier molecular flexibility index (Phi) is 5.97. The molecule has 1 rings (SSSR count). The lowest BCUT2D eigenvalue weighted by atomic mass is 10.2. The molecule has 1 aromatic rings. The largest absolute Gasteiger partial charge is 0.365 e. The Labute approximate surface area is 111 Å². The number of rotatable bonds is 8. The first-order valence-corrected chi connectivity index (χ1v) is 7.44. The molecule has 6 nitrogen and oxygen atoms in total. The van der Waals surface area contributed by atoms with Crippen LogP contribution in [0.25, 0.3) is 0 Å². The van der Waals surface area contributed by atoms with Crippen molar-refractivity contribution in [1.29, 1.82) is 0 Å². The molecule has 1 N–H and O–H groups in total. The van der Waals surface area contributed by atoms with E-state index >= 15 is 0 Å². The number of aryl methyl sites for hydroxylation is 2. The molecule has 18 heavy (non-hydrogen) atoms. The van der Waals surface area contributed by atoms with Crippen molar-refractivity contribution in [1.82, 2.24) is 9.78 Å². The van der Waals surface area contributed by atoms with Gasteiger partial charge >= 0.3 is 5.69 Å². The molecule has 0 fully saturated rings. The van der Waals surface area contributed by atoms with Gasteiger partial charge in [-0.3, -0.25) is 10.1 Å². The van der Waals surface area contributed by atoms with Gasteiger partial charge in [0.15, 0.2) is 0 Å². The molecular weight excluding hydrogens is 252 g/mol. The molecule has 0 aromatic carbocycles. The highest BCUT2D eigenvalue weighted by atomic mass is 32.2. The van der Waals surface area contributed by atoms with Crippen LogP contribution in [0.2, 0.25) is 0 Å². The van der Waals surface area contributed by atoms with E-state index in [-0.39, 0.29) is 10.6 Å². The molecule has 0 saturated carbocycles. The number of thioether (sulfide) groups is 1. The minimum atomic E-state index is -0.338. The monoisotopic (exact) mass is 272 g/mol. The number of anilines is 1. The van der Waals surface area contributed by atoms with Crippen LogP contribution < -0.4 is 5.32 Å². The van der Waals surface area contributed by atoms with Crippen LogP contribution >= 0.6 is 11.8 Å². The normalized spacial score (nSPS) is 10.6. The smallest absolute Gasteiger partial charge is 0.333 e. The highest BCUT2D eigenvalue weighted by Gasteiger charge is 2.25. The number of nitrogens with zero attached hydrogens (tertiary/aromatic N) is 3. The molecule has 0 unspecified atom stereocenters. The predicted octanol–water partition coefficient (Wildman–Crippen LogP) is 2.45. The van der Waals surface area contributed by atoms with Crippen molar-refractivity contribution in [3.05, 3.63) is 15.8 Å². The van der Waals surface area contributed by atoms with E-state index in [9.17, 15) is 10.1 Å². The Hall–Kier alpha value is -1.24. The van der Waals surface area contributed by atoms with Crippen LogP contribution in [0.5, 0.6) is 0 Å². The summed E-state index contributed by atoms with van der Waals surface area (Å²) in [4.78, 5) is 10.8. The summed E-state index contributed by atoms with van der Waals surface area (Å²) in [6.45, 7) is 2.72. The van der Waals surface area contributed by atoms with Gasteiger partial charge in [0, 0.05) is 13.6 Å². The van der Waals surface area contributed by atoms with E-state index in [0.29, 0.717) is 17.9 Å². The average molecular weight is 272 g/mol. The van der Waals surface area contributed by atoms with E-state index in [1.807, 2.05) is 13.2 Å². The van der Waals surface area contributed by atoms with Gasteiger partial charge in [-0.1, -0.05) is 13.3 Å². The molecule has 1 aromatic heterocycles. The second-order valence-corrected chi connectivity index (χ2v) is 5.03. The maximum atomic E-state index is 11.1. The van der Waals surface area contributed by atoms with E-state index in [2.05, 4.69) is 10.4 Å². The Balaban J connectivity index is 2.84. The van der Waals surface area contributed by atoms with Crippen molar-refractivity contribution in [2.24, 2.45) is 7.05 Å². The molecule has 1 heterocycles. The van der Waals surface area contributed by atoms with Crippen LogP contribution in [0.4, 0.5) is 11.5 Å². The standard InChI is InChI=1S/C11H20N4O2S/c1-4-6-9-10(15(16)17)11(14(2)13-9)12-7-5-8-18-3/h12H,4-8H2,1-3H3. The van der Waals surface area contributed by atoms with Crippen molar-refractivity contribution >= 4 is 23.3 Å². The predicted molar refractivity (Wildman–Crippen MR) is 75.3 cm³/mol. The fourth-order valence-electron chi connectivity index (χ4n) is 1.79. The zero-order chi connectivity index (χ0) is 13.5. The molecule has 102 valence electrons. The summed E-state index contributed by atoms with van der Waals surface area (Å²) in [6, 6.07) is 0. The Morgan fingerprint density at radius 1 is 1.56 bits per heavy atom. The molecule has 0 amide bonds. The van der Waals surface area contributed by atoms with Gasteiger partial charge in [0.25, 0.3) is 0 Å². The zero-order valence-corrected chi connectivity index (χ0v) is 11.9. The second kappa shape index (κ2) is 7.25. The number of hydrogen-bond donors (Lipinski definition) is 1. The van der Waals surface area contributed by atoms with Crippen LogP contribution in [-0.2, 0) is 13.5 Å². The summed E-state index contributed by atoms with van der Waals surface area (Å²) in [5.41, 5.74) is 0.695. The molecule has 0 atom stereocenters. The van der Waals surface area contributed by atoms with Gasteiger partial charge in [0.2, 0.25) is 5.82 Å². The highest BCUT2D eigenvalue weighted by molar-refractivity contribution is 7.98. The molecule has 7 heteroatoms. The van der Waals surface area contributed by atoms with Crippen molar-refractivity contribution in [2.45, 2.75) is 26.2 Å². The first-order chi connectivity index (χ1) is 8.61. The molecule has 0 radical (unpaired) electrons. The zero-order valence-electron chi connectivity index (χ0n) is 11.1. The van der Waals surface area contributed by atoms with Crippen LogP contribution in [0, 0.1) is 10.1 Å². The third-order valence-corrected chi connectivity index (χ3v) is 3.28. The lowest BCUT2D eigenvalue weighted by Crippen LogP contribution is -2.08. The van der Waals surface area contributed by atoms with Crippen LogP contribution in [0.15, 0.2) is 0 Å². The van der Waals surface area contributed by atoms with Gasteiger partial charge in [0.05, 0.1) is 4.92 Å². The number of aromatic nitrogens is 2. The SMILES string of the molecule is CCCc1nn(C)c(NCCCSC)c1[N+](=O)[O-]. The molecule has 0 spiro atoms. The van der Waals surface area contributed by atoms with Gasteiger partial charge in [-0.25, -0.2) is 4.68 Å². The van der Waals surface area contributed by atoms with Crippen LogP contribution in [0.1, 0.15) is 25.5 Å². The van der Waals surface area contributed by atoms with E-state index in [1.54, 1.807) is 23.5 Å². The van der Waals surface area contributed by atoms with Crippen molar-refractivity contribution in [3.63, 3.8) is 0 Å². The topological polar surface area (TPSA) is 73.0 Å². The molecule has 0 aliphatic rings. The van der Waals surface area contributed by atoms with E-state index in [1.165, 1.54) is 0 Å². The van der Waals surface area contributed by atoms with Crippen molar-refractivity contribution < 1.29 is 4.92 Å². The van der Waals surface area contributed by atoms with Gasteiger partial charge in [-0.2, -0.15) is 16.9 Å². The van der Waals surface area contributed by atoms with E-state index < -0.39 is 0 Å². The minimum absolute atomic E-state index is 0.128. The summed E-state index contributed by atoms with van der Waals surface area (Å²) in [7, 11) is 1.74. The third-order valence-electron chi connectivity index (χ3n) is 2.58. The number of nitro groups is 1. The molecule has 0 saturated heterocycles. The summed E-state index contributed by atoms with van der Waals surface area (Å²) in [5.74, 6) is 1.56. The maximum Gasteiger partial charge on any atom is 0.333 e. The molecular formula is C11H20N4O2S. The van der Waals surface area contributed by atoms with Crippen LogP contribution in [0.3, 0.4) is 0 Å². The van der Waals surface area contributed by atoms with Crippen molar-refractivity contribution in [2.75, 3.05) is 23.9 Å². The minimum Gasteiger partial charge on any atom is -0.365 e.